The van der Waals surface area contributed by atoms with Gasteiger partial charge in [-0.15, -0.1) is 0 Å². The smallest absolute Gasteiger partial charge is 0.208 e. The number of rotatable bonds is 8. The van der Waals surface area contributed by atoms with Crippen LogP contribution < -0.4 is 11.3 Å². The van der Waals surface area contributed by atoms with Crippen LogP contribution in [0.25, 0.3) is 0 Å². The normalized spacial score (nSPS) is 12.3. The van der Waals surface area contributed by atoms with Crippen LogP contribution in [0.4, 0.5) is 0 Å². The van der Waals surface area contributed by atoms with E-state index in [1.54, 1.807) is 7.11 Å². The molecular weight excluding hydrogens is 228 g/mol. The Hall–Kier alpha value is -0.810. The first kappa shape index (κ1) is 17.2. The zero-order valence-corrected chi connectivity index (χ0v) is 12.6. The molecule has 5 nitrogen and oxygen atoms in total. The third-order valence-electron chi connectivity index (χ3n) is 2.37. The number of aliphatic imine (C=N–C) groups is 1. The van der Waals surface area contributed by atoms with Gasteiger partial charge in [-0.1, -0.05) is 27.7 Å². The molecule has 0 amide bonds. The molecule has 0 saturated carbocycles. The first-order valence-corrected chi connectivity index (χ1v) is 6.76. The van der Waals surface area contributed by atoms with Crippen molar-refractivity contribution in [1.29, 1.82) is 0 Å². The minimum atomic E-state index is 0.585. The predicted octanol–water partition coefficient (Wildman–Crippen LogP) is 1.46. The number of nitrogens with two attached hydrogens (primary N) is 1. The van der Waals surface area contributed by atoms with Gasteiger partial charge in [-0.25, -0.2) is 5.84 Å². The van der Waals surface area contributed by atoms with Gasteiger partial charge in [0.25, 0.3) is 0 Å². The summed E-state index contributed by atoms with van der Waals surface area (Å²) in [6.07, 6.45) is 0.916. The number of nitrogens with zero attached hydrogens (tertiary/aromatic N) is 2. The lowest BCUT2D eigenvalue weighted by atomic mass is 10.1. The zero-order valence-electron chi connectivity index (χ0n) is 12.6. The molecule has 0 aromatic rings. The summed E-state index contributed by atoms with van der Waals surface area (Å²) in [5.74, 6) is 7.54. The largest absolute Gasteiger partial charge is 0.385 e. The average molecular weight is 258 g/mol. The van der Waals surface area contributed by atoms with Crippen LogP contribution in [0.15, 0.2) is 4.99 Å². The molecule has 0 aromatic heterocycles. The molecule has 0 radical (unpaired) electrons. The maximum Gasteiger partial charge on any atom is 0.208 e. The fourth-order valence-corrected chi connectivity index (χ4v) is 1.76. The van der Waals surface area contributed by atoms with Crippen molar-refractivity contribution in [3.8, 4) is 0 Å². The van der Waals surface area contributed by atoms with Crippen LogP contribution in [0.5, 0.6) is 0 Å². The van der Waals surface area contributed by atoms with E-state index in [2.05, 4.69) is 43.0 Å². The minimum Gasteiger partial charge on any atom is -0.385 e. The topological polar surface area (TPSA) is 62.9 Å². The van der Waals surface area contributed by atoms with Crippen molar-refractivity contribution in [2.24, 2.45) is 22.7 Å². The van der Waals surface area contributed by atoms with Gasteiger partial charge < -0.3 is 9.64 Å². The summed E-state index contributed by atoms with van der Waals surface area (Å²) in [5.41, 5.74) is 2.72. The molecule has 0 saturated heterocycles. The van der Waals surface area contributed by atoms with Crippen molar-refractivity contribution in [2.45, 2.75) is 34.1 Å². The second-order valence-corrected chi connectivity index (χ2v) is 5.39. The van der Waals surface area contributed by atoms with Crippen LogP contribution in [0.1, 0.15) is 34.1 Å². The predicted molar refractivity (Wildman–Crippen MR) is 77.4 cm³/mol. The molecule has 0 heterocycles. The summed E-state index contributed by atoms with van der Waals surface area (Å²) in [6.45, 7) is 12.2. The summed E-state index contributed by atoms with van der Waals surface area (Å²) in [4.78, 5) is 6.74. The summed E-state index contributed by atoms with van der Waals surface area (Å²) in [7, 11) is 1.70. The standard InChI is InChI=1S/C13H30N4O/c1-11(2)9-17(10-12(3)4)13(16-14)15-7-6-8-18-5/h11-12H,6-10,14H2,1-5H3,(H,15,16). The molecule has 0 rings (SSSR count). The van der Waals surface area contributed by atoms with Crippen LogP contribution in [0.3, 0.4) is 0 Å². The molecular formula is C13H30N4O. The van der Waals surface area contributed by atoms with Crippen LogP contribution >= 0.6 is 0 Å². The molecule has 5 heteroatoms. The van der Waals surface area contributed by atoms with Crippen molar-refractivity contribution in [1.82, 2.24) is 10.3 Å². The van der Waals surface area contributed by atoms with Gasteiger partial charge in [0.1, 0.15) is 0 Å². The Morgan fingerprint density at radius 1 is 1.22 bits per heavy atom. The highest BCUT2D eigenvalue weighted by Gasteiger charge is 2.13. The van der Waals surface area contributed by atoms with Gasteiger partial charge in [0.15, 0.2) is 0 Å². The lowest BCUT2D eigenvalue weighted by molar-refractivity contribution is 0.196. The van der Waals surface area contributed by atoms with Gasteiger partial charge in [-0.2, -0.15) is 0 Å². The quantitative estimate of drug-likeness (QED) is 0.227. The van der Waals surface area contributed by atoms with Crippen LogP contribution in [-0.4, -0.2) is 44.2 Å². The van der Waals surface area contributed by atoms with E-state index >= 15 is 0 Å². The summed E-state index contributed by atoms with van der Waals surface area (Å²) in [6, 6.07) is 0. The minimum absolute atomic E-state index is 0.585. The van der Waals surface area contributed by atoms with Gasteiger partial charge in [-0.05, 0) is 18.3 Å². The van der Waals surface area contributed by atoms with E-state index in [0.717, 1.165) is 38.6 Å². The summed E-state index contributed by atoms with van der Waals surface area (Å²) >= 11 is 0. The third-order valence-corrected chi connectivity index (χ3v) is 2.37. The van der Waals surface area contributed by atoms with Gasteiger partial charge in [0, 0.05) is 33.4 Å². The number of ether oxygens (including phenoxy) is 1. The molecule has 0 aromatic carbocycles. The van der Waals surface area contributed by atoms with Gasteiger partial charge in [0.2, 0.25) is 5.96 Å². The van der Waals surface area contributed by atoms with E-state index in [9.17, 15) is 0 Å². The molecule has 0 spiro atoms. The Kier molecular flexibility index (Phi) is 9.69. The molecule has 0 unspecified atom stereocenters. The highest BCUT2D eigenvalue weighted by atomic mass is 16.5. The van der Waals surface area contributed by atoms with E-state index in [0.29, 0.717) is 11.8 Å². The zero-order chi connectivity index (χ0) is 14.0. The number of hydrogen-bond acceptors (Lipinski definition) is 3. The maximum atomic E-state index is 5.59. The van der Waals surface area contributed by atoms with Crippen molar-refractivity contribution in [3.63, 3.8) is 0 Å². The molecule has 0 aliphatic rings. The molecule has 0 fully saturated rings. The Labute approximate surface area is 112 Å². The van der Waals surface area contributed by atoms with E-state index in [1.165, 1.54) is 0 Å². The highest BCUT2D eigenvalue weighted by molar-refractivity contribution is 5.79. The summed E-state index contributed by atoms with van der Waals surface area (Å²) in [5, 5.41) is 0. The van der Waals surface area contributed by atoms with E-state index < -0.39 is 0 Å². The highest BCUT2D eigenvalue weighted by Crippen LogP contribution is 2.04. The molecule has 3 N–H and O–H groups in total. The Morgan fingerprint density at radius 2 is 1.78 bits per heavy atom. The molecule has 0 atom stereocenters. The molecule has 0 aliphatic carbocycles. The second-order valence-electron chi connectivity index (χ2n) is 5.39. The van der Waals surface area contributed by atoms with Gasteiger partial charge >= 0.3 is 0 Å². The lowest BCUT2D eigenvalue weighted by Crippen LogP contribution is -2.47. The Morgan fingerprint density at radius 3 is 2.17 bits per heavy atom. The fraction of sp³-hybridized carbons (Fsp3) is 0.923. The maximum absolute atomic E-state index is 5.59. The van der Waals surface area contributed by atoms with Crippen LogP contribution in [0, 0.1) is 11.8 Å². The Balaban J connectivity index is 4.47. The SMILES string of the molecule is COCCCN=C(NN)N(CC(C)C)CC(C)C. The number of hydrogen-bond donors (Lipinski definition) is 2. The van der Waals surface area contributed by atoms with Crippen LogP contribution in [0.2, 0.25) is 0 Å². The number of methoxy groups -OCH3 is 1. The van der Waals surface area contributed by atoms with Gasteiger partial charge in [-0.3, -0.25) is 10.4 Å². The second kappa shape index (κ2) is 10.1. The molecule has 0 aliphatic heterocycles. The molecule has 0 bridgehead atoms. The van der Waals surface area contributed by atoms with Gasteiger partial charge in [0.05, 0.1) is 0 Å². The molecule has 18 heavy (non-hydrogen) atoms. The number of guanidine groups is 1. The van der Waals surface area contributed by atoms with E-state index in [-0.39, 0.29) is 0 Å². The molecule has 108 valence electrons. The number of hydrazine groups is 1. The monoisotopic (exact) mass is 258 g/mol. The average Bonchev–Trinajstić information content (AvgIpc) is 2.27. The lowest BCUT2D eigenvalue weighted by Gasteiger charge is -2.29. The Bertz CT molecular complexity index is 219. The van der Waals surface area contributed by atoms with Crippen molar-refractivity contribution in [3.05, 3.63) is 0 Å². The van der Waals surface area contributed by atoms with E-state index in [1.807, 2.05) is 0 Å². The van der Waals surface area contributed by atoms with Crippen molar-refractivity contribution in [2.75, 3.05) is 33.4 Å². The summed E-state index contributed by atoms with van der Waals surface area (Å²) < 4.78 is 5.01. The number of nitrogens with one attached hydrogen (secondary N) is 1. The first-order chi connectivity index (χ1) is 8.51. The van der Waals surface area contributed by atoms with Crippen LogP contribution in [-0.2, 0) is 4.74 Å². The first-order valence-electron chi connectivity index (χ1n) is 6.76. The van der Waals surface area contributed by atoms with Crippen molar-refractivity contribution < 1.29 is 4.74 Å². The van der Waals surface area contributed by atoms with E-state index in [4.69, 9.17) is 10.6 Å². The third kappa shape index (κ3) is 8.31. The van der Waals surface area contributed by atoms with Crippen molar-refractivity contribution >= 4 is 5.96 Å². The fourth-order valence-electron chi connectivity index (χ4n) is 1.76.